The predicted octanol–water partition coefficient (Wildman–Crippen LogP) is 3.25. The molecular weight excluding hydrogens is 451 g/mol. The van der Waals surface area contributed by atoms with Crippen molar-refractivity contribution in [2.45, 2.75) is 26.2 Å². The summed E-state index contributed by atoms with van der Waals surface area (Å²) < 4.78 is 2.02. The molecule has 0 fully saturated rings. The van der Waals surface area contributed by atoms with Crippen molar-refractivity contribution in [1.29, 1.82) is 0 Å². The molecule has 0 aliphatic rings. The summed E-state index contributed by atoms with van der Waals surface area (Å²) in [5.74, 6) is 2.16. The van der Waals surface area contributed by atoms with Gasteiger partial charge in [-0.15, -0.1) is 34.2 Å². The minimum atomic E-state index is 0. The number of rotatable bonds is 7. The Kier molecular flexibility index (Phi) is 8.50. The van der Waals surface area contributed by atoms with Crippen molar-refractivity contribution in [2.24, 2.45) is 4.99 Å². The number of benzene rings is 1. The highest BCUT2D eigenvalue weighted by Crippen LogP contribution is 2.14. The van der Waals surface area contributed by atoms with Crippen LogP contribution in [0.4, 0.5) is 0 Å². The number of nitrogens with zero attached hydrogens (tertiary/aromatic N) is 4. The fourth-order valence-electron chi connectivity index (χ4n) is 2.81. The van der Waals surface area contributed by atoms with Gasteiger partial charge in [0.15, 0.2) is 11.6 Å². The van der Waals surface area contributed by atoms with Gasteiger partial charge in [0, 0.05) is 38.2 Å². The Bertz CT molecular complexity index is 846. The highest BCUT2D eigenvalue weighted by atomic mass is 127. The molecule has 2 heterocycles. The lowest BCUT2D eigenvalue weighted by Crippen LogP contribution is -2.38. The maximum absolute atomic E-state index is 4.72. The number of pyridine rings is 1. The first kappa shape index (κ1) is 21.1. The van der Waals surface area contributed by atoms with Gasteiger partial charge in [0.05, 0.1) is 0 Å². The molecule has 6 nitrogen and oxygen atoms in total. The molecule has 3 rings (SSSR count). The molecule has 27 heavy (non-hydrogen) atoms. The Morgan fingerprint density at radius 2 is 1.85 bits per heavy atom. The number of halogens is 1. The number of hydrogen-bond acceptors (Lipinski definition) is 3. The average molecular weight is 478 g/mol. The van der Waals surface area contributed by atoms with Crippen molar-refractivity contribution in [1.82, 2.24) is 25.2 Å². The maximum Gasteiger partial charge on any atom is 0.191 e. The normalized spacial score (nSPS) is 12.4. The highest BCUT2D eigenvalue weighted by Gasteiger charge is 2.07. The summed E-state index contributed by atoms with van der Waals surface area (Å²) in [5, 5.41) is 15.1. The first-order valence-corrected chi connectivity index (χ1v) is 9.13. The predicted molar refractivity (Wildman–Crippen MR) is 121 cm³/mol. The van der Waals surface area contributed by atoms with Gasteiger partial charge in [0.25, 0.3) is 0 Å². The van der Waals surface area contributed by atoms with Crippen molar-refractivity contribution in [2.75, 3.05) is 19.6 Å². The molecule has 1 unspecified atom stereocenters. The Hall–Kier alpha value is -2.16. The van der Waals surface area contributed by atoms with Crippen LogP contribution in [0.25, 0.3) is 5.65 Å². The third-order valence-electron chi connectivity index (χ3n) is 4.26. The SMILES string of the molecule is CCNC(=NCC(C)c1ccccc1)NCCc1nnc2ccccn12.I. The van der Waals surface area contributed by atoms with E-state index in [1.807, 2.05) is 34.9 Å². The number of nitrogens with one attached hydrogen (secondary N) is 2. The molecule has 144 valence electrons. The molecule has 0 saturated carbocycles. The van der Waals surface area contributed by atoms with Crippen LogP contribution in [-0.2, 0) is 6.42 Å². The zero-order chi connectivity index (χ0) is 18.2. The molecule has 0 aliphatic heterocycles. The van der Waals surface area contributed by atoms with Gasteiger partial charge in [-0.1, -0.05) is 43.3 Å². The molecule has 3 aromatic rings. The van der Waals surface area contributed by atoms with Crippen LogP contribution in [-0.4, -0.2) is 40.2 Å². The maximum atomic E-state index is 4.72. The van der Waals surface area contributed by atoms with Gasteiger partial charge in [-0.05, 0) is 24.6 Å². The Labute approximate surface area is 177 Å². The molecule has 0 bridgehead atoms. The second-order valence-electron chi connectivity index (χ2n) is 6.25. The summed E-state index contributed by atoms with van der Waals surface area (Å²) in [6.45, 7) is 6.60. The van der Waals surface area contributed by atoms with Crippen LogP contribution in [0, 0.1) is 0 Å². The highest BCUT2D eigenvalue weighted by molar-refractivity contribution is 14.0. The van der Waals surface area contributed by atoms with Gasteiger partial charge in [-0.3, -0.25) is 9.39 Å². The summed E-state index contributed by atoms with van der Waals surface area (Å²) in [4.78, 5) is 4.72. The smallest absolute Gasteiger partial charge is 0.191 e. The number of aromatic nitrogens is 3. The Balaban J connectivity index is 0.00000261. The molecule has 0 amide bonds. The zero-order valence-corrected chi connectivity index (χ0v) is 18.1. The van der Waals surface area contributed by atoms with E-state index in [4.69, 9.17) is 4.99 Å². The third kappa shape index (κ3) is 5.92. The lowest BCUT2D eigenvalue weighted by atomic mass is 10.0. The van der Waals surface area contributed by atoms with E-state index in [1.165, 1.54) is 5.56 Å². The number of hydrogen-bond donors (Lipinski definition) is 2. The topological polar surface area (TPSA) is 66.6 Å². The van der Waals surface area contributed by atoms with Crippen molar-refractivity contribution >= 4 is 35.6 Å². The second-order valence-corrected chi connectivity index (χ2v) is 6.25. The second kappa shape index (κ2) is 10.9. The molecule has 0 spiro atoms. The minimum absolute atomic E-state index is 0. The lowest BCUT2D eigenvalue weighted by molar-refractivity contribution is 0.735. The molecule has 2 N–H and O–H groups in total. The van der Waals surface area contributed by atoms with Crippen molar-refractivity contribution < 1.29 is 0 Å². The van der Waals surface area contributed by atoms with Crippen LogP contribution in [0.3, 0.4) is 0 Å². The fourth-order valence-corrected chi connectivity index (χ4v) is 2.81. The summed E-state index contributed by atoms with van der Waals surface area (Å²) in [7, 11) is 0. The zero-order valence-electron chi connectivity index (χ0n) is 15.8. The van der Waals surface area contributed by atoms with Gasteiger partial charge >= 0.3 is 0 Å². The van der Waals surface area contributed by atoms with E-state index in [9.17, 15) is 0 Å². The number of fused-ring (bicyclic) bond motifs is 1. The first-order valence-electron chi connectivity index (χ1n) is 9.13. The number of aliphatic imine (C=N–C) groups is 1. The van der Waals surface area contributed by atoms with E-state index in [1.54, 1.807) is 0 Å². The third-order valence-corrected chi connectivity index (χ3v) is 4.26. The summed E-state index contributed by atoms with van der Waals surface area (Å²) in [5.41, 5.74) is 2.18. The Morgan fingerprint density at radius 3 is 2.63 bits per heavy atom. The van der Waals surface area contributed by atoms with Gasteiger partial charge in [-0.2, -0.15) is 0 Å². The summed E-state index contributed by atoms with van der Waals surface area (Å²) in [6, 6.07) is 16.4. The first-order chi connectivity index (χ1) is 12.8. The van der Waals surface area contributed by atoms with Crippen molar-refractivity contribution in [3.63, 3.8) is 0 Å². The van der Waals surface area contributed by atoms with Crippen LogP contribution in [0.15, 0.2) is 59.7 Å². The molecule has 0 aliphatic carbocycles. The van der Waals surface area contributed by atoms with Crippen molar-refractivity contribution in [3.8, 4) is 0 Å². The fraction of sp³-hybridized carbons (Fsp3) is 0.350. The van der Waals surface area contributed by atoms with Crippen LogP contribution >= 0.6 is 24.0 Å². The minimum Gasteiger partial charge on any atom is -0.357 e. The van der Waals surface area contributed by atoms with Gasteiger partial charge in [0.2, 0.25) is 0 Å². The molecule has 7 heteroatoms. The number of guanidine groups is 1. The van der Waals surface area contributed by atoms with E-state index in [2.05, 4.69) is 58.9 Å². The van der Waals surface area contributed by atoms with E-state index in [0.29, 0.717) is 5.92 Å². The van der Waals surface area contributed by atoms with Crippen LogP contribution in [0.5, 0.6) is 0 Å². The van der Waals surface area contributed by atoms with Crippen LogP contribution in [0.2, 0.25) is 0 Å². The largest absolute Gasteiger partial charge is 0.357 e. The van der Waals surface area contributed by atoms with E-state index in [-0.39, 0.29) is 24.0 Å². The van der Waals surface area contributed by atoms with E-state index in [0.717, 1.165) is 43.5 Å². The van der Waals surface area contributed by atoms with Gasteiger partial charge in [0.1, 0.15) is 5.82 Å². The van der Waals surface area contributed by atoms with Crippen LogP contribution < -0.4 is 10.6 Å². The summed E-state index contributed by atoms with van der Waals surface area (Å²) in [6.07, 6.45) is 2.77. The molecule has 2 aromatic heterocycles. The average Bonchev–Trinajstić information content (AvgIpc) is 3.10. The van der Waals surface area contributed by atoms with Crippen molar-refractivity contribution in [3.05, 3.63) is 66.1 Å². The Morgan fingerprint density at radius 1 is 1.07 bits per heavy atom. The van der Waals surface area contributed by atoms with Gasteiger partial charge < -0.3 is 10.6 Å². The monoisotopic (exact) mass is 478 g/mol. The standard InChI is InChI=1S/C20H26N6.HI/c1-3-21-20(23-15-16(2)17-9-5-4-6-10-17)22-13-12-19-25-24-18-11-7-8-14-26(18)19;/h4-11,14,16H,3,12-13,15H2,1-2H3,(H2,21,22,23);1H. The van der Waals surface area contributed by atoms with Gasteiger partial charge in [-0.25, -0.2) is 0 Å². The quantitative estimate of drug-likeness (QED) is 0.311. The van der Waals surface area contributed by atoms with E-state index < -0.39 is 0 Å². The molecule has 1 atom stereocenters. The molecule has 0 radical (unpaired) electrons. The lowest BCUT2D eigenvalue weighted by Gasteiger charge is -2.13. The van der Waals surface area contributed by atoms with E-state index >= 15 is 0 Å². The molecule has 0 saturated heterocycles. The van der Waals surface area contributed by atoms with Crippen LogP contribution in [0.1, 0.15) is 31.2 Å². The summed E-state index contributed by atoms with van der Waals surface area (Å²) >= 11 is 0. The molecule has 1 aromatic carbocycles. The molecular formula is C20H27IN6.